The van der Waals surface area contributed by atoms with Gasteiger partial charge in [-0.05, 0) is 52.5 Å². The number of amides is 2. The van der Waals surface area contributed by atoms with Crippen molar-refractivity contribution in [2.24, 2.45) is 0 Å². The number of aromatic nitrogens is 1. The predicted molar refractivity (Wildman–Crippen MR) is 107 cm³/mol. The van der Waals surface area contributed by atoms with Gasteiger partial charge in [0, 0.05) is 49.7 Å². The number of nitrogens with zero attached hydrogens (tertiary/aromatic N) is 3. The third-order valence-corrected chi connectivity index (χ3v) is 5.57. The Bertz CT molecular complexity index is 699. The van der Waals surface area contributed by atoms with Gasteiger partial charge in [0.15, 0.2) is 6.61 Å². The van der Waals surface area contributed by atoms with Crippen molar-refractivity contribution in [1.29, 1.82) is 0 Å². The molecule has 1 aliphatic heterocycles. The molecule has 1 aliphatic carbocycles. The van der Waals surface area contributed by atoms with Crippen LogP contribution in [0.15, 0.2) is 12.3 Å². The Balaban J connectivity index is 1.48. The summed E-state index contributed by atoms with van der Waals surface area (Å²) in [5.74, 6) is 0.844. The lowest BCUT2D eigenvalue weighted by Crippen LogP contribution is -2.56. The minimum absolute atomic E-state index is 0.000284. The molecule has 1 aromatic rings. The quantitative estimate of drug-likeness (QED) is 0.797. The maximum atomic E-state index is 12.6. The zero-order valence-corrected chi connectivity index (χ0v) is 17.2. The van der Waals surface area contributed by atoms with Crippen molar-refractivity contribution >= 4 is 11.8 Å². The highest BCUT2D eigenvalue weighted by Gasteiger charge is 2.28. The second kappa shape index (κ2) is 9.37. The molecular weight excluding hydrogens is 356 g/mol. The Hall–Kier alpha value is -2.15. The molecular formula is C21H32N4O3. The van der Waals surface area contributed by atoms with Crippen molar-refractivity contribution < 1.29 is 14.3 Å². The molecule has 0 aromatic carbocycles. The molecule has 0 bridgehead atoms. The Morgan fingerprint density at radius 2 is 1.86 bits per heavy atom. The minimum atomic E-state index is -0.181. The van der Waals surface area contributed by atoms with Crippen molar-refractivity contribution in [3.05, 3.63) is 23.5 Å². The summed E-state index contributed by atoms with van der Waals surface area (Å²) in [7, 11) is 0. The van der Waals surface area contributed by atoms with Crippen molar-refractivity contribution in [3.63, 3.8) is 0 Å². The molecule has 0 spiro atoms. The summed E-state index contributed by atoms with van der Waals surface area (Å²) in [6, 6.07) is 1.82. The van der Waals surface area contributed by atoms with Crippen LogP contribution in [0.2, 0.25) is 0 Å². The van der Waals surface area contributed by atoms with Crippen LogP contribution in [-0.4, -0.2) is 71.5 Å². The molecule has 1 unspecified atom stereocenters. The molecule has 0 saturated carbocycles. The van der Waals surface area contributed by atoms with Gasteiger partial charge in [0.2, 0.25) is 5.91 Å². The minimum Gasteiger partial charge on any atom is -0.483 e. The molecule has 2 heterocycles. The molecule has 28 heavy (non-hydrogen) atoms. The van der Waals surface area contributed by atoms with Gasteiger partial charge in [0.25, 0.3) is 5.91 Å². The first kappa shape index (κ1) is 20.6. The van der Waals surface area contributed by atoms with E-state index in [0.717, 1.165) is 36.3 Å². The number of aryl methyl sites for hydroxylation is 1. The third-order valence-electron chi connectivity index (χ3n) is 5.57. The monoisotopic (exact) mass is 388 g/mol. The number of hydrogen-bond acceptors (Lipinski definition) is 5. The third kappa shape index (κ3) is 5.01. The van der Waals surface area contributed by atoms with Gasteiger partial charge in [-0.1, -0.05) is 0 Å². The zero-order valence-electron chi connectivity index (χ0n) is 17.2. The molecule has 154 valence electrons. The normalized spacial score (nSPS) is 18.5. The van der Waals surface area contributed by atoms with E-state index in [2.05, 4.69) is 15.2 Å². The van der Waals surface area contributed by atoms with Crippen molar-refractivity contribution in [3.8, 4) is 5.75 Å². The Labute approximate surface area is 167 Å². The lowest BCUT2D eigenvalue weighted by molar-refractivity contribution is -0.136. The summed E-state index contributed by atoms with van der Waals surface area (Å²) in [5.41, 5.74) is 2.27. The molecule has 3 rings (SSSR count). The molecule has 1 atom stereocenters. The van der Waals surface area contributed by atoms with Crippen LogP contribution in [0.1, 0.15) is 44.9 Å². The van der Waals surface area contributed by atoms with Gasteiger partial charge in [-0.25, -0.2) is 0 Å². The van der Waals surface area contributed by atoms with Crippen LogP contribution in [0.3, 0.4) is 0 Å². The maximum absolute atomic E-state index is 12.6. The summed E-state index contributed by atoms with van der Waals surface area (Å²) < 4.78 is 5.87. The van der Waals surface area contributed by atoms with Gasteiger partial charge in [0.1, 0.15) is 5.75 Å². The van der Waals surface area contributed by atoms with Gasteiger partial charge in [-0.3, -0.25) is 19.5 Å². The largest absolute Gasteiger partial charge is 0.483 e. The number of fused-ring (bicyclic) bond motifs is 1. The molecule has 1 aromatic heterocycles. The molecule has 1 saturated heterocycles. The van der Waals surface area contributed by atoms with Crippen LogP contribution in [-0.2, 0) is 22.4 Å². The summed E-state index contributed by atoms with van der Waals surface area (Å²) in [6.45, 7) is 8.53. The van der Waals surface area contributed by atoms with E-state index in [1.165, 1.54) is 6.42 Å². The lowest BCUT2D eigenvalue weighted by Gasteiger charge is -2.37. The summed E-state index contributed by atoms with van der Waals surface area (Å²) in [5, 5.41) is 2.95. The molecule has 7 heteroatoms. The highest BCUT2D eigenvalue weighted by molar-refractivity contribution is 5.81. The van der Waals surface area contributed by atoms with Gasteiger partial charge >= 0.3 is 0 Å². The highest BCUT2D eigenvalue weighted by atomic mass is 16.5. The number of carbonyl (C=O) groups is 2. The molecule has 1 fully saturated rings. The van der Waals surface area contributed by atoms with E-state index in [1.54, 1.807) is 6.20 Å². The standard InChI is InChI=1S/C21H32N4O3/c1-15(2)23-21(27)16(3)24-10-12-25(13-11-24)20(26)14-28-19-8-9-22-18-7-5-4-6-17(18)19/h8-9,15-16H,4-7,10-14H2,1-3H3,(H,23,27). The number of carbonyl (C=O) groups excluding carboxylic acids is 2. The Morgan fingerprint density at radius 1 is 1.14 bits per heavy atom. The number of nitrogens with one attached hydrogen (secondary N) is 1. The molecule has 2 aliphatic rings. The topological polar surface area (TPSA) is 74.8 Å². The smallest absolute Gasteiger partial charge is 0.260 e. The first-order valence-corrected chi connectivity index (χ1v) is 10.4. The molecule has 7 nitrogen and oxygen atoms in total. The van der Waals surface area contributed by atoms with Crippen molar-refractivity contribution in [2.45, 2.75) is 58.5 Å². The van der Waals surface area contributed by atoms with E-state index >= 15 is 0 Å². The highest BCUT2D eigenvalue weighted by Crippen LogP contribution is 2.27. The van der Waals surface area contributed by atoms with Gasteiger partial charge < -0.3 is 15.0 Å². The molecule has 2 amide bonds. The van der Waals surface area contributed by atoms with Crippen molar-refractivity contribution in [1.82, 2.24) is 20.1 Å². The van der Waals surface area contributed by atoms with E-state index in [1.807, 2.05) is 31.7 Å². The van der Waals surface area contributed by atoms with E-state index < -0.39 is 0 Å². The fourth-order valence-electron chi connectivity index (χ4n) is 3.89. The zero-order chi connectivity index (χ0) is 20.1. The van der Waals surface area contributed by atoms with Crippen LogP contribution in [0.5, 0.6) is 5.75 Å². The average molecular weight is 389 g/mol. The van der Waals surface area contributed by atoms with Gasteiger partial charge in [-0.2, -0.15) is 0 Å². The van der Waals surface area contributed by atoms with Gasteiger partial charge in [0.05, 0.1) is 6.04 Å². The van der Waals surface area contributed by atoms with Crippen molar-refractivity contribution in [2.75, 3.05) is 32.8 Å². The SMILES string of the molecule is CC(C)NC(=O)C(C)N1CCN(C(=O)COc2ccnc3c2CCCC3)CC1. The van der Waals surface area contributed by atoms with E-state index in [9.17, 15) is 9.59 Å². The molecule has 1 N–H and O–H groups in total. The van der Waals surface area contributed by atoms with Crippen LogP contribution >= 0.6 is 0 Å². The van der Waals surface area contributed by atoms with Crippen LogP contribution in [0.4, 0.5) is 0 Å². The number of hydrogen-bond donors (Lipinski definition) is 1. The first-order valence-electron chi connectivity index (χ1n) is 10.4. The fourth-order valence-corrected chi connectivity index (χ4v) is 3.89. The first-order chi connectivity index (χ1) is 13.5. The van der Waals surface area contributed by atoms with Gasteiger partial charge in [-0.15, -0.1) is 0 Å². The Morgan fingerprint density at radius 3 is 2.57 bits per heavy atom. The predicted octanol–water partition coefficient (Wildman–Crippen LogP) is 1.40. The lowest BCUT2D eigenvalue weighted by atomic mass is 9.95. The number of pyridine rings is 1. The molecule has 0 radical (unpaired) electrons. The average Bonchev–Trinajstić information content (AvgIpc) is 2.71. The van der Waals surface area contributed by atoms with E-state index in [-0.39, 0.29) is 30.5 Å². The summed E-state index contributed by atoms with van der Waals surface area (Å²) in [4.78, 5) is 33.2. The number of piperazine rings is 1. The summed E-state index contributed by atoms with van der Waals surface area (Å²) >= 11 is 0. The summed E-state index contributed by atoms with van der Waals surface area (Å²) in [6.07, 6.45) is 6.05. The van der Waals surface area contributed by atoms with Crippen LogP contribution < -0.4 is 10.1 Å². The van der Waals surface area contributed by atoms with E-state index in [4.69, 9.17) is 4.74 Å². The maximum Gasteiger partial charge on any atom is 0.260 e. The second-order valence-corrected chi connectivity index (χ2v) is 7.99. The van der Waals surface area contributed by atoms with Crippen LogP contribution in [0.25, 0.3) is 0 Å². The Kier molecular flexibility index (Phi) is 6.88. The fraction of sp³-hybridized carbons (Fsp3) is 0.667. The number of ether oxygens (including phenoxy) is 1. The van der Waals surface area contributed by atoms with E-state index in [0.29, 0.717) is 26.2 Å². The second-order valence-electron chi connectivity index (χ2n) is 7.99. The van der Waals surface area contributed by atoms with Crippen LogP contribution in [0, 0.1) is 0 Å². The number of rotatable bonds is 6.